The molecular weight excluding hydrogens is 324 g/mol. The molecule has 0 radical (unpaired) electrons. The number of ketones is 1. The molecule has 0 aromatic carbocycles. The number of esters is 1. The van der Waals surface area contributed by atoms with Gasteiger partial charge < -0.3 is 4.74 Å². The maximum absolute atomic E-state index is 13.0. The van der Waals surface area contributed by atoms with Crippen molar-refractivity contribution in [3.05, 3.63) is 12.2 Å². The maximum Gasteiger partial charge on any atom is 0.308 e. The van der Waals surface area contributed by atoms with E-state index in [1.165, 1.54) is 26.4 Å². The van der Waals surface area contributed by atoms with Crippen LogP contribution in [0, 0.1) is 46.3 Å². The fourth-order valence-electron chi connectivity index (χ4n) is 7.87. The van der Waals surface area contributed by atoms with Crippen LogP contribution in [0.25, 0.3) is 0 Å². The Hall–Kier alpha value is -1.12. The molecule has 0 bridgehead atoms. The van der Waals surface area contributed by atoms with Crippen molar-refractivity contribution < 1.29 is 14.3 Å². The molecule has 3 saturated carbocycles. The van der Waals surface area contributed by atoms with Crippen LogP contribution in [0.15, 0.2) is 12.2 Å². The van der Waals surface area contributed by atoms with Crippen LogP contribution >= 0.6 is 0 Å². The number of fused-ring (bicyclic) bond motifs is 5. The molecule has 0 aliphatic heterocycles. The van der Waals surface area contributed by atoms with Crippen LogP contribution in [0.5, 0.6) is 0 Å². The van der Waals surface area contributed by atoms with Crippen molar-refractivity contribution in [3.8, 4) is 0 Å². The Bertz CT molecular complexity index is 637. The van der Waals surface area contributed by atoms with Gasteiger partial charge in [0, 0.05) is 12.3 Å². The number of rotatable bonds is 2. The molecule has 0 amide bonds. The fraction of sp³-hybridized carbons (Fsp3) is 0.826. The van der Waals surface area contributed by atoms with Crippen LogP contribution in [0.2, 0.25) is 0 Å². The van der Waals surface area contributed by atoms with E-state index in [9.17, 15) is 9.59 Å². The van der Waals surface area contributed by atoms with E-state index in [4.69, 9.17) is 4.74 Å². The van der Waals surface area contributed by atoms with Gasteiger partial charge in [-0.2, -0.15) is 0 Å². The summed E-state index contributed by atoms with van der Waals surface area (Å²) in [5.41, 5.74) is 0.338. The van der Waals surface area contributed by atoms with Crippen LogP contribution in [-0.2, 0) is 14.3 Å². The zero-order valence-electron chi connectivity index (χ0n) is 16.8. The number of methoxy groups -OCH3 is 1. The lowest BCUT2D eigenvalue weighted by atomic mass is 9.45. The highest BCUT2D eigenvalue weighted by atomic mass is 16.5. The molecule has 3 heteroatoms. The highest BCUT2D eigenvalue weighted by molar-refractivity contribution is 5.83. The first kappa shape index (κ1) is 18.3. The first-order chi connectivity index (χ1) is 12.3. The number of carbonyl (C=O) groups is 2. The standard InChI is InChI=1S/C23H34O3/c1-14(21(25)26-4)16-8-9-17-15-13-20(24)19-7-5-6-11-22(19,2)18(15)10-12-23(16,17)3/h5-6,14-19H,7-13H2,1-4H3/t14-,15-,16+,17-,18-,19?,22+,23+/m0/s1. The number of allylic oxidation sites excluding steroid dienone is 2. The minimum absolute atomic E-state index is 0.0354. The topological polar surface area (TPSA) is 43.4 Å². The van der Waals surface area contributed by atoms with Crippen molar-refractivity contribution in [2.24, 2.45) is 46.3 Å². The van der Waals surface area contributed by atoms with E-state index in [2.05, 4.69) is 26.0 Å². The number of hydrogen-bond acceptors (Lipinski definition) is 3. The zero-order chi connectivity index (χ0) is 18.7. The monoisotopic (exact) mass is 358 g/mol. The molecule has 0 aromatic heterocycles. The Morgan fingerprint density at radius 2 is 1.88 bits per heavy atom. The summed E-state index contributed by atoms with van der Waals surface area (Å²) in [5, 5.41) is 0. The van der Waals surface area contributed by atoms with Crippen LogP contribution in [0.3, 0.4) is 0 Å². The molecule has 0 spiro atoms. The molecule has 0 N–H and O–H groups in total. The lowest BCUT2D eigenvalue weighted by Gasteiger charge is -2.59. The fourth-order valence-corrected chi connectivity index (χ4v) is 7.87. The van der Waals surface area contributed by atoms with Gasteiger partial charge in [-0.05, 0) is 73.0 Å². The first-order valence-electron chi connectivity index (χ1n) is 10.6. The second-order valence-electron chi connectivity index (χ2n) is 10.1. The maximum atomic E-state index is 13.0. The van der Waals surface area contributed by atoms with Crippen molar-refractivity contribution in [1.82, 2.24) is 0 Å². The highest BCUT2D eigenvalue weighted by Gasteiger charge is 2.62. The summed E-state index contributed by atoms with van der Waals surface area (Å²) in [5.74, 6) is 2.81. The van der Waals surface area contributed by atoms with E-state index in [1.807, 2.05) is 6.92 Å². The van der Waals surface area contributed by atoms with Crippen molar-refractivity contribution in [1.29, 1.82) is 0 Å². The molecular formula is C23H34O3. The third-order valence-electron chi connectivity index (χ3n) is 9.25. The predicted molar refractivity (Wildman–Crippen MR) is 101 cm³/mol. The Kier molecular flexibility index (Phi) is 4.36. The minimum atomic E-state index is -0.0665. The zero-order valence-corrected chi connectivity index (χ0v) is 16.8. The summed E-state index contributed by atoms with van der Waals surface area (Å²) >= 11 is 0. The van der Waals surface area contributed by atoms with Gasteiger partial charge >= 0.3 is 5.97 Å². The number of hydrogen-bond donors (Lipinski definition) is 0. The average Bonchev–Trinajstić information content (AvgIpc) is 2.97. The van der Waals surface area contributed by atoms with E-state index >= 15 is 0 Å². The molecule has 1 unspecified atom stereocenters. The highest BCUT2D eigenvalue weighted by Crippen LogP contribution is 2.67. The van der Waals surface area contributed by atoms with E-state index in [0.717, 1.165) is 25.7 Å². The molecule has 144 valence electrons. The molecule has 3 fully saturated rings. The van der Waals surface area contributed by atoms with Gasteiger partial charge in [-0.1, -0.05) is 32.9 Å². The molecule has 0 heterocycles. The molecule has 4 aliphatic rings. The quantitative estimate of drug-likeness (QED) is 0.526. The second-order valence-corrected chi connectivity index (χ2v) is 10.1. The van der Waals surface area contributed by atoms with Crippen LogP contribution in [0.1, 0.15) is 65.7 Å². The molecule has 4 aliphatic carbocycles. The molecule has 8 atom stereocenters. The van der Waals surface area contributed by atoms with E-state index in [1.54, 1.807) is 0 Å². The van der Waals surface area contributed by atoms with Crippen LogP contribution in [0.4, 0.5) is 0 Å². The molecule has 26 heavy (non-hydrogen) atoms. The van der Waals surface area contributed by atoms with Crippen molar-refractivity contribution in [2.45, 2.75) is 65.7 Å². The van der Waals surface area contributed by atoms with Crippen molar-refractivity contribution in [3.63, 3.8) is 0 Å². The van der Waals surface area contributed by atoms with Crippen LogP contribution in [-0.4, -0.2) is 18.9 Å². The van der Waals surface area contributed by atoms with Gasteiger partial charge in [-0.3, -0.25) is 9.59 Å². The Morgan fingerprint density at radius 1 is 1.15 bits per heavy atom. The second kappa shape index (κ2) is 6.21. The lowest BCUT2D eigenvalue weighted by Crippen LogP contribution is -2.55. The summed E-state index contributed by atoms with van der Waals surface area (Å²) in [6.07, 6.45) is 12.0. The smallest absolute Gasteiger partial charge is 0.308 e. The SMILES string of the molecule is COC(=O)[C@@H](C)[C@H]1CC[C@H]2[C@@H]3CC(=O)C4CC=CC[C@]4(C)[C@H]3CC[C@]12C. The summed E-state index contributed by atoms with van der Waals surface area (Å²) < 4.78 is 5.06. The van der Waals surface area contributed by atoms with Crippen LogP contribution < -0.4 is 0 Å². The van der Waals surface area contributed by atoms with E-state index in [-0.39, 0.29) is 28.6 Å². The average molecular weight is 359 g/mol. The van der Waals surface area contributed by atoms with Gasteiger partial charge in [-0.15, -0.1) is 0 Å². The van der Waals surface area contributed by atoms with Crippen molar-refractivity contribution >= 4 is 11.8 Å². The normalized spacial score (nSPS) is 48.3. The van der Waals surface area contributed by atoms with Gasteiger partial charge in [0.15, 0.2) is 0 Å². The Balaban J connectivity index is 1.64. The van der Waals surface area contributed by atoms with E-state index < -0.39 is 0 Å². The summed E-state index contributed by atoms with van der Waals surface area (Å²) in [6.45, 7) is 6.85. The molecule has 0 aromatic rings. The van der Waals surface area contributed by atoms with Gasteiger partial charge in [0.05, 0.1) is 13.0 Å². The minimum Gasteiger partial charge on any atom is -0.469 e. The first-order valence-corrected chi connectivity index (χ1v) is 10.6. The third-order valence-corrected chi connectivity index (χ3v) is 9.25. The largest absolute Gasteiger partial charge is 0.469 e. The predicted octanol–water partition coefficient (Wildman–Crippen LogP) is 4.80. The van der Waals surface area contributed by atoms with Gasteiger partial charge in [0.1, 0.15) is 5.78 Å². The summed E-state index contributed by atoms with van der Waals surface area (Å²) in [6, 6.07) is 0. The van der Waals surface area contributed by atoms with E-state index in [0.29, 0.717) is 29.5 Å². The lowest BCUT2D eigenvalue weighted by molar-refractivity contribution is -0.155. The molecule has 4 rings (SSSR count). The van der Waals surface area contributed by atoms with Gasteiger partial charge in [-0.25, -0.2) is 0 Å². The number of carbonyl (C=O) groups excluding carboxylic acids is 2. The number of ether oxygens (including phenoxy) is 1. The summed E-state index contributed by atoms with van der Waals surface area (Å²) in [7, 11) is 1.50. The summed E-state index contributed by atoms with van der Waals surface area (Å²) in [4.78, 5) is 25.2. The Labute approximate surface area is 157 Å². The molecule has 0 saturated heterocycles. The van der Waals surface area contributed by atoms with Crippen molar-refractivity contribution in [2.75, 3.05) is 7.11 Å². The molecule has 3 nitrogen and oxygen atoms in total. The Morgan fingerprint density at radius 3 is 2.62 bits per heavy atom. The number of Topliss-reactive ketones (excluding diaryl/α,β-unsaturated/α-hetero) is 1. The third kappa shape index (κ3) is 2.38. The van der Waals surface area contributed by atoms with Gasteiger partial charge in [0.2, 0.25) is 0 Å². The van der Waals surface area contributed by atoms with Gasteiger partial charge in [0.25, 0.3) is 0 Å².